The van der Waals surface area contributed by atoms with Gasteiger partial charge in [-0.2, -0.15) is 5.10 Å². The van der Waals surface area contributed by atoms with E-state index in [0.717, 1.165) is 12.0 Å². The summed E-state index contributed by atoms with van der Waals surface area (Å²) in [5.74, 6) is -0.0511. The predicted molar refractivity (Wildman–Crippen MR) is 72.3 cm³/mol. The first kappa shape index (κ1) is 12.8. The third-order valence-corrected chi connectivity index (χ3v) is 3.69. The highest BCUT2D eigenvalue weighted by Crippen LogP contribution is 2.47. The molecule has 0 spiro atoms. The SMILES string of the molecule is Cn1cc(C2CC2C(=O)NCc2ccccc2F)cn1. The van der Waals surface area contributed by atoms with Crippen molar-refractivity contribution >= 4 is 5.91 Å². The van der Waals surface area contributed by atoms with Crippen LogP contribution in [-0.4, -0.2) is 15.7 Å². The van der Waals surface area contributed by atoms with Crippen LogP contribution in [0.4, 0.5) is 4.39 Å². The highest BCUT2D eigenvalue weighted by atomic mass is 19.1. The lowest BCUT2D eigenvalue weighted by molar-refractivity contribution is -0.122. The Hall–Kier alpha value is -2.17. The first-order valence-electron chi connectivity index (χ1n) is 6.65. The fourth-order valence-electron chi connectivity index (χ4n) is 2.44. The maximum Gasteiger partial charge on any atom is 0.224 e. The van der Waals surface area contributed by atoms with Crippen LogP contribution in [0.5, 0.6) is 0 Å². The first-order valence-corrected chi connectivity index (χ1v) is 6.65. The molecule has 0 aliphatic heterocycles. The average molecular weight is 273 g/mol. The van der Waals surface area contributed by atoms with Gasteiger partial charge in [-0.3, -0.25) is 9.48 Å². The number of carbonyl (C=O) groups is 1. The summed E-state index contributed by atoms with van der Waals surface area (Å²) in [5, 5.41) is 6.91. The molecule has 2 aromatic rings. The Morgan fingerprint density at radius 3 is 3.00 bits per heavy atom. The van der Waals surface area contributed by atoms with E-state index < -0.39 is 0 Å². The Bertz CT molecular complexity index is 638. The lowest BCUT2D eigenvalue weighted by atomic mass is 10.2. The third kappa shape index (κ3) is 2.57. The van der Waals surface area contributed by atoms with Gasteiger partial charge in [0.15, 0.2) is 0 Å². The number of rotatable bonds is 4. The minimum Gasteiger partial charge on any atom is -0.352 e. The Morgan fingerprint density at radius 2 is 2.30 bits per heavy atom. The average Bonchev–Trinajstić information content (AvgIpc) is 3.13. The molecule has 20 heavy (non-hydrogen) atoms. The summed E-state index contributed by atoms with van der Waals surface area (Å²) in [4.78, 5) is 12.0. The fraction of sp³-hybridized carbons (Fsp3) is 0.333. The van der Waals surface area contributed by atoms with Gasteiger partial charge in [0, 0.05) is 31.3 Å². The number of amides is 1. The van der Waals surface area contributed by atoms with Crippen LogP contribution in [0.2, 0.25) is 0 Å². The molecule has 104 valence electrons. The number of hydrogen-bond donors (Lipinski definition) is 1. The molecule has 1 aromatic heterocycles. The third-order valence-electron chi connectivity index (χ3n) is 3.69. The quantitative estimate of drug-likeness (QED) is 0.926. The molecule has 2 atom stereocenters. The van der Waals surface area contributed by atoms with Gasteiger partial charge >= 0.3 is 0 Å². The Labute approximate surface area is 116 Å². The molecular formula is C15H16FN3O. The highest BCUT2D eigenvalue weighted by molar-refractivity contribution is 5.82. The van der Waals surface area contributed by atoms with Crippen molar-refractivity contribution in [3.05, 3.63) is 53.6 Å². The second kappa shape index (κ2) is 5.07. The van der Waals surface area contributed by atoms with E-state index in [4.69, 9.17) is 0 Å². The molecule has 0 radical (unpaired) electrons. The van der Waals surface area contributed by atoms with Crippen LogP contribution in [0, 0.1) is 11.7 Å². The number of aryl methyl sites for hydroxylation is 1. The van der Waals surface area contributed by atoms with Crippen molar-refractivity contribution in [2.24, 2.45) is 13.0 Å². The second-order valence-electron chi connectivity index (χ2n) is 5.21. The summed E-state index contributed by atoms with van der Waals surface area (Å²) in [6, 6.07) is 6.48. The van der Waals surface area contributed by atoms with Crippen molar-refractivity contribution in [2.45, 2.75) is 18.9 Å². The Balaban J connectivity index is 1.55. The molecule has 1 saturated carbocycles. The van der Waals surface area contributed by atoms with Crippen molar-refractivity contribution in [1.29, 1.82) is 0 Å². The van der Waals surface area contributed by atoms with E-state index in [9.17, 15) is 9.18 Å². The minimum atomic E-state index is -0.285. The summed E-state index contributed by atoms with van der Waals surface area (Å²) < 4.78 is 15.2. The predicted octanol–water partition coefficient (Wildman–Crippen LogP) is 1.98. The lowest BCUT2D eigenvalue weighted by Crippen LogP contribution is -2.25. The normalized spacial score (nSPS) is 20.7. The number of halogens is 1. The number of carbonyl (C=O) groups excluding carboxylic acids is 1. The zero-order valence-electron chi connectivity index (χ0n) is 11.2. The molecule has 1 aliphatic carbocycles. The van der Waals surface area contributed by atoms with E-state index in [0.29, 0.717) is 5.56 Å². The maximum atomic E-state index is 13.4. The van der Waals surface area contributed by atoms with Crippen LogP contribution in [0.15, 0.2) is 36.7 Å². The van der Waals surface area contributed by atoms with Gasteiger partial charge in [0.1, 0.15) is 5.82 Å². The molecule has 1 fully saturated rings. The van der Waals surface area contributed by atoms with E-state index in [-0.39, 0.29) is 30.1 Å². The molecule has 5 heteroatoms. The summed E-state index contributed by atoms with van der Waals surface area (Å²) in [5.41, 5.74) is 1.61. The molecule has 3 rings (SSSR count). The number of benzene rings is 1. The van der Waals surface area contributed by atoms with Gasteiger partial charge in [-0.25, -0.2) is 4.39 Å². The maximum absolute atomic E-state index is 13.4. The molecule has 2 unspecified atom stereocenters. The summed E-state index contributed by atoms with van der Waals surface area (Å²) in [7, 11) is 1.86. The summed E-state index contributed by atoms with van der Waals surface area (Å²) >= 11 is 0. The zero-order valence-corrected chi connectivity index (χ0v) is 11.2. The largest absolute Gasteiger partial charge is 0.352 e. The molecule has 4 nitrogen and oxygen atoms in total. The molecule has 1 aromatic carbocycles. The molecule has 1 aliphatic rings. The van der Waals surface area contributed by atoms with Crippen molar-refractivity contribution in [2.75, 3.05) is 0 Å². The summed E-state index contributed by atoms with van der Waals surface area (Å²) in [6.07, 6.45) is 4.58. The number of nitrogens with one attached hydrogen (secondary N) is 1. The van der Waals surface area contributed by atoms with Crippen LogP contribution < -0.4 is 5.32 Å². The van der Waals surface area contributed by atoms with Gasteiger partial charge in [0.25, 0.3) is 0 Å². The van der Waals surface area contributed by atoms with Gasteiger partial charge in [0.05, 0.1) is 6.20 Å². The van der Waals surface area contributed by atoms with Crippen molar-refractivity contribution in [3.63, 3.8) is 0 Å². The van der Waals surface area contributed by atoms with E-state index in [1.165, 1.54) is 6.07 Å². The Morgan fingerprint density at radius 1 is 1.50 bits per heavy atom. The van der Waals surface area contributed by atoms with Crippen LogP contribution in [0.1, 0.15) is 23.5 Å². The highest BCUT2D eigenvalue weighted by Gasteiger charge is 2.44. The number of nitrogens with zero attached hydrogens (tertiary/aromatic N) is 2. The fourth-order valence-corrected chi connectivity index (χ4v) is 2.44. The van der Waals surface area contributed by atoms with Gasteiger partial charge in [-0.05, 0) is 24.0 Å². The van der Waals surface area contributed by atoms with Crippen LogP contribution >= 0.6 is 0 Å². The molecule has 0 bridgehead atoms. The smallest absolute Gasteiger partial charge is 0.224 e. The zero-order chi connectivity index (χ0) is 14.1. The van der Waals surface area contributed by atoms with Crippen LogP contribution in [-0.2, 0) is 18.4 Å². The molecule has 1 heterocycles. The molecular weight excluding hydrogens is 257 g/mol. The minimum absolute atomic E-state index is 0.00836. The van der Waals surface area contributed by atoms with Gasteiger partial charge < -0.3 is 5.32 Å². The first-order chi connectivity index (χ1) is 9.65. The van der Waals surface area contributed by atoms with Crippen LogP contribution in [0.25, 0.3) is 0 Å². The Kier molecular flexibility index (Phi) is 3.26. The second-order valence-corrected chi connectivity index (χ2v) is 5.21. The van der Waals surface area contributed by atoms with Crippen molar-refractivity contribution in [3.8, 4) is 0 Å². The standard InChI is InChI=1S/C15H16FN3O/c1-19-9-11(8-18-19)12-6-13(12)15(20)17-7-10-4-2-3-5-14(10)16/h2-5,8-9,12-13H,6-7H2,1H3,(H,17,20). The van der Waals surface area contributed by atoms with E-state index in [2.05, 4.69) is 10.4 Å². The lowest BCUT2D eigenvalue weighted by Gasteiger charge is -2.05. The molecule has 1 N–H and O–H groups in total. The number of hydrogen-bond acceptors (Lipinski definition) is 2. The molecule has 1 amide bonds. The molecule has 0 saturated heterocycles. The van der Waals surface area contributed by atoms with E-state index in [1.54, 1.807) is 29.1 Å². The van der Waals surface area contributed by atoms with Crippen molar-refractivity contribution < 1.29 is 9.18 Å². The van der Waals surface area contributed by atoms with Crippen molar-refractivity contribution in [1.82, 2.24) is 15.1 Å². The topological polar surface area (TPSA) is 46.9 Å². The van der Waals surface area contributed by atoms with Gasteiger partial charge in [-0.1, -0.05) is 18.2 Å². The monoisotopic (exact) mass is 273 g/mol. The number of aromatic nitrogens is 2. The summed E-state index contributed by atoms with van der Waals surface area (Å²) in [6.45, 7) is 0.238. The van der Waals surface area contributed by atoms with Gasteiger partial charge in [-0.15, -0.1) is 0 Å². The van der Waals surface area contributed by atoms with Gasteiger partial charge in [0.2, 0.25) is 5.91 Å². The van der Waals surface area contributed by atoms with E-state index in [1.807, 2.05) is 13.2 Å². The van der Waals surface area contributed by atoms with Crippen LogP contribution in [0.3, 0.4) is 0 Å². The van der Waals surface area contributed by atoms with E-state index >= 15 is 0 Å².